The lowest BCUT2D eigenvalue weighted by atomic mass is 10.1. The normalized spacial score (nSPS) is 21.1. The van der Waals surface area contributed by atoms with Gasteiger partial charge >= 0.3 is 0 Å². The van der Waals surface area contributed by atoms with Gasteiger partial charge in [-0.2, -0.15) is 0 Å². The molecule has 1 N–H and O–H groups in total. The molecule has 1 heterocycles. The molecule has 1 aliphatic rings. The minimum absolute atomic E-state index is 0.392. The van der Waals surface area contributed by atoms with Crippen molar-refractivity contribution in [3.05, 3.63) is 35.4 Å². The number of hydrogen-bond acceptors (Lipinski definition) is 1. The molecule has 14 heavy (non-hydrogen) atoms. The lowest BCUT2D eigenvalue weighted by molar-refractivity contribution is 0.429. The molecule has 3 heteroatoms. The lowest BCUT2D eigenvalue weighted by Gasteiger charge is -2.19. The molecular weight excluding hydrogens is 192 g/mol. The van der Waals surface area contributed by atoms with E-state index in [0.717, 1.165) is 11.7 Å². The number of hydrogen-bond donors (Lipinski definition) is 1. The van der Waals surface area contributed by atoms with Gasteiger partial charge in [-0.1, -0.05) is 29.8 Å². The highest BCUT2D eigenvalue weighted by Gasteiger charge is 2.25. The fourth-order valence-electron chi connectivity index (χ4n) is 1.72. The summed E-state index contributed by atoms with van der Waals surface area (Å²) in [5, 5.41) is 4.03. The van der Waals surface area contributed by atoms with E-state index in [2.05, 4.69) is 41.4 Å². The third-order valence-corrected chi connectivity index (χ3v) is 3.13. The molecule has 74 valence electrons. The van der Waals surface area contributed by atoms with E-state index < -0.39 is 0 Å². The van der Waals surface area contributed by atoms with E-state index >= 15 is 0 Å². The van der Waals surface area contributed by atoms with Gasteiger partial charge < -0.3 is 10.2 Å². The van der Waals surface area contributed by atoms with Crippen LogP contribution in [0.15, 0.2) is 24.3 Å². The molecule has 1 fully saturated rings. The SMILES string of the molecule is Cc1ccc(C2CNC(=S)N2C)cc1. The zero-order valence-electron chi connectivity index (χ0n) is 8.45. The Labute approximate surface area is 89.9 Å². The van der Waals surface area contributed by atoms with Gasteiger partial charge in [0.25, 0.3) is 0 Å². The van der Waals surface area contributed by atoms with Crippen molar-refractivity contribution in [3.63, 3.8) is 0 Å². The third-order valence-electron chi connectivity index (χ3n) is 2.70. The molecule has 2 rings (SSSR count). The summed E-state index contributed by atoms with van der Waals surface area (Å²) >= 11 is 5.16. The van der Waals surface area contributed by atoms with Crippen LogP contribution in [-0.4, -0.2) is 23.6 Å². The molecule has 1 unspecified atom stereocenters. The van der Waals surface area contributed by atoms with Crippen molar-refractivity contribution in [2.24, 2.45) is 0 Å². The van der Waals surface area contributed by atoms with Gasteiger partial charge in [-0.05, 0) is 24.7 Å². The predicted octanol–water partition coefficient (Wildman–Crippen LogP) is 1.86. The Morgan fingerprint density at radius 1 is 1.36 bits per heavy atom. The Hall–Kier alpha value is -1.09. The summed E-state index contributed by atoms with van der Waals surface area (Å²) in [7, 11) is 2.03. The van der Waals surface area contributed by atoms with E-state index in [9.17, 15) is 0 Å². The minimum Gasteiger partial charge on any atom is -0.360 e. The van der Waals surface area contributed by atoms with Crippen molar-refractivity contribution in [3.8, 4) is 0 Å². The highest BCUT2D eigenvalue weighted by Crippen LogP contribution is 2.22. The van der Waals surface area contributed by atoms with Gasteiger partial charge in [-0.3, -0.25) is 0 Å². The second kappa shape index (κ2) is 3.58. The van der Waals surface area contributed by atoms with Crippen LogP contribution in [0.4, 0.5) is 0 Å². The number of thiocarbonyl (C=S) groups is 1. The van der Waals surface area contributed by atoms with Crippen molar-refractivity contribution in [2.45, 2.75) is 13.0 Å². The van der Waals surface area contributed by atoms with Crippen molar-refractivity contribution < 1.29 is 0 Å². The second-order valence-electron chi connectivity index (χ2n) is 3.72. The largest absolute Gasteiger partial charge is 0.360 e. The van der Waals surface area contributed by atoms with Crippen LogP contribution in [0, 0.1) is 6.92 Å². The van der Waals surface area contributed by atoms with Gasteiger partial charge in [0, 0.05) is 13.6 Å². The first-order chi connectivity index (χ1) is 6.68. The highest BCUT2D eigenvalue weighted by atomic mass is 32.1. The summed E-state index contributed by atoms with van der Waals surface area (Å²) in [5.74, 6) is 0. The number of nitrogens with one attached hydrogen (secondary N) is 1. The number of aryl methyl sites for hydroxylation is 1. The summed E-state index contributed by atoms with van der Waals surface area (Å²) in [6, 6.07) is 9.02. The maximum atomic E-state index is 5.16. The van der Waals surface area contributed by atoms with Crippen LogP contribution in [0.2, 0.25) is 0 Å². The van der Waals surface area contributed by atoms with E-state index in [1.54, 1.807) is 0 Å². The molecule has 0 saturated carbocycles. The summed E-state index contributed by atoms with van der Waals surface area (Å²) in [6.07, 6.45) is 0. The molecule has 1 saturated heterocycles. The van der Waals surface area contributed by atoms with E-state index in [0.29, 0.717) is 6.04 Å². The van der Waals surface area contributed by atoms with Crippen LogP contribution < -0.4 is 5.32 Å². The smallest absolute Gasteiger partial charge is 0.169 e. The molecule has 1 aromatic rings. The Balaban J connectivity index is 2.23. The Morgan fingerprint density at radius 3 is 2.50 bits per heavy atom. The van der Waals surface area contributed by atoms with Gasteiger partial charge in [0.15, 0.2) is 5.11 Å². The summed E-state index contributed by atoms with van der Waals surface area (Å²) < 4.78 is 0. The predicted molar refractivity (Wildman–Crippen MR) is 62.3 cm³/mol. The minimum atomic E-state index is 0.392. The topological polar surface area (TPSA) is 15.3 Å². The highest BCUT2D eigenvalue weighted by molar-refractivity contribution is 7.80. The van der Waals surface area contributed by atoms with Gasteiger partial charge in [-0.15, -0.1) is 0 Å². The first-order valence-electron chi connectivity index (χ1n) is 4.75. The Kier molecular flexibility index (Phi) is 2.42. The monoisotopic (exact) mass is 206 g/mol. The van der Waals surface area contributed by atoms with Crippen LogP contribution in [0.1, 0.15) is 17.2 Å². The van der Waals surface area contributed by atoms with E-state index in [1.165, 1.54) is 11.1 Å². The third kappa shape index (κ3) is 1.60. The van der Waals surface area contributed by atoms with E-state index in [-0.39, 0.29) is 0 Å². The average molecular weight is 206 g/mol. The van der Waals surface area contributed by atoms with Gasteiger partial charge in [0.05, 0.1) is 6.04 Å². The van der Waals surface area contributed by atoms with Crippen LogP contribution in [-0.2, 0) is 0 Å². The molecule has 0 spiro atoms. The first kappa shape index (κ1) is 9.46. The van der Waals surface area contributed by atoms with Gasteiger partial charge in [-0.25, -0.2) is 0 Å². The maximum absolute atomic E-state index is 5.16. The molecular formula is C11H14N2S. The molecule has 0 bridgehead atoms. The van der Waals surface area contributed by atoms with Crippen molar-refractivity contribution in [1.82, 2.24) is 10.2 Å². The molecule has 1 atom stereocenters. The fraction of sp³-hybridized carbons (Fsp3) is 0.364. The first-order valence-corrected chi connectivity index (χ1v) is 5.16. The number of rotatable bonds is 1. The zero-order valence-corrected chi connectivity index (χ0v) is 9.27. The Bertz CT molecular complexity index is 345. The number of likely N-dealkylation sites (N-methyl/N-ethyl adjacent to an activating group) is 1. The second-order valence-corrected chi connectivity index (χ2v) is 4.11. The van der Waals surface area contributed by atoms with Gasteiger partial charge in [0.1, 0.15) is 0 Å². The summed E-state index contributed by atoms with van der Waals surface area (Å²) in [5.41, 5.74) is 2.62. The lowest BCUT2D eigenvalue weighted by Crippen LogP contribution is -2.24. The summed E-state index contributed by atoms with van der Waals surface area (Å²) in [6.45, 7) is 3.02. The molecule has 1 aliphatic heterocycles. The average Bonchev–Trinajstić information content (AvgIpc) is 2.50. The number of benzene rings is 1. The van der Waals surface area contributed by atoms with Crippen molar-refractivity contribution >= 4 is 17.3 Å². The molecule has 0 amide bonds. The molecule has 2 nitrogen and oxygen atoms in total. The quantitative estimate of drug-likeness (QED) is 0.706. The molecule has 0 aliphatic carbocycles. The van der Waals surface area contributed by atoms with Gasteiger partial charge in [0.2, 0.25) is 0 Å². The molecule has 0 radical (unpaired) electrons. The molecule has 0 aromatic heterocycles. The summed E-state index contributed by atoms with van der Waals surface area (Å²) in [4.78, 5) is 2.11. The zero-order chi connectivity index (χ0) is 10.1. The maximum Gasteiger partial charge on any atom is 0.169 e. The van der Waals surface area contributed by atoms with Crippen molar-refractivity contribution in [1.29, 1.82) is 0 Å². The Morgan fingerprint density at radius 2 is 2.00 bits per heavy atom. The van der Waals surface area contributed by atoms with Crippen molar-refractivity contribution in [2.75, 3.05) is 13.6 Å². The number of nitrogens with zero attached hydrogens (tertiary/aromatic N) is 1. The van der Waals surface area contributed by atoms with Crippen LogP contribution in [0.3, 0.4) is 0 Å². The van der Waals surface area contributed by atoms with Crippen LogP contribution in [0.25, 0.3) is 0 Å². The molecule has 1 aromatic carbocycles. The fourth-order valence-corrected chi connectivity index (χ4v) is 1.93. The standard InChI is InChI=1S/C11H14N2S/c1-8-3-5-9(6-4-8)10-7-12-11(14)13(10)2/h3-6,10H,7H2,1-2H3,(H,12,14). The van der Waals surface area contributed by atoms with Crippen LogP contribution >= 0.6 is 12.2 Å². The van der Waals surface area contributed by atoms with E-state index in [1.807, 2.05) is 7.05 Å². The van der Waals surface area contributed by atoms with Crippen LogP contribution in [0.5, 0.6) is 0 Å². The van der Waals surface area contributed by atoms with E-state index in [4.69, 9.17) is 12.2 Å².